The van der Waals surface area contributed by atoms with E-state index in [0.29, 0.717) is 6.08 Å². The first kappa shape index (κ1) is 11.2. The van der Waals surface area contributed by atoms with Gasteiger partial charge >= 0.3 is 5.97 Å². The molecule has 0 aromatic heterocycles. The Bertz CT molecular complexity index is 274. The molecule has 0 aliphatic carbocycles. The molecule has 5 nitrogen and oxygen atoms in total. The van der Waals surface area contributed by atoms with Crippen molar-refractivity contribution in [1.29, 1.82) is 0 Å². The van der Waals surface area contributed by atoms with Gasteiger partial charge in [0.15, 0.2) is 17.3 Å². The molecule has 0 spiro atoms. The van der Waals surface area contributed by atoms with Gasteiger partial charge in [-0.1, -0.05) is 0 Å². The molecule has 72 valence electrons. The maximum Gasteiger partial charge on any atom is 0.334 e. The van der Waals surface area contributed by atoms with Gasteiger partial charge in [-0.2, -0.15) is 0 Å². The number of allylic oxidation sites excluding steroid dienone is 1. The number of aliphatic hydroxyl groups excluding tert-OH is 2. The highest BCUT2D eigenvalue weighted by atomic mass is 16.5. The summed E-state index contributed by atoms with van der Waals surface area (Å²) in [6.07, 6.45) is 1.45. The van der Waals surface area contributed by atoms with Crippen molar-refractivity contribution >= 4 is 11.8 Å². The predicted molar refractivity (Wildman–Crippen MR) is 44.1 cm³/mol. The summed E-state index contributed by atoms with van der Waals surface area (Å²) < 4.78 is 4.18. The number of methoxy groups -OCH3 is 1. The number of ether oxygens (including phenoxy) is 1. The standard InChI is InChI=1S/C8H10O5/c1-5(9)3-6(10)7(11)4-8(12)13-2/h3-4,10-11H,1-2H3/b6-3-,7-4-. The number of hydrogen-bond acceptors (Lipinski definition) is 5. The van der Waals surface area contributed by atoms with Crippen LogP contribution in [0.1, 0.15) is 6.92 Å². The summed E-state index contributed by atoms with van der Waals surface area (Å²) >= 11 is 0. The molecular weight excluding hydrogens is 176 g/mol. The second-order valence-electron chi connectivity index (χ2n) is 2.19. The Morgan fingerprint density at radius 1 is 1.15 bits per heavy atom. The molecule has 0 bridgehead atoms. The van der Waals surface area contributed by atoms with Gasteiger partial charge < -0.3 is 14.9 Å². The van der Waals surface area contributed by atoms with E-state index in [1.54, 1.807) is 0 Å². The fourth-order valence-electron chi connectivity index (χ4n) is 0.511. The molecule has 0 aromatic carbocycles. The second-order valence-corrected chi connectivity index (χ2v) is 2.19. The van der Waals surface area contributed by atoms with Crippen molar-refractivity contribution in [2.24, 2.45) is 0 Å². The molecule has 0 rings (SSSR count). The topological polar surface area (TPSA) is 83.8 Å². The predicted octanol–water partition coefficient (Wildman–Crippen LogP) is 0.632. The molecule has 0 amide bonds. The van der Waals surface area contributed by atoms with Crippen molar-refractivity contribution in [2.45, 2.75) is 6.92 Å². The van der Waals surface area contributed by atoms with E-state index < -0.39 is 23.3 Å². The van der Waals surface area contributed by atoms with Crippen LogP contribution in [0.25, 0.3) is 0 Å². The van der Waals surface area contributed by atoms with Crippen LogP contribution in [0.15, 0.2) is 23.7 Å². The third kappa shape index (κ3) is 4.62. The van der Waals surface area contributed by atoms with Gasteiger partial charge in [0, 0.05) is 6.08 Å². The highest BCUT2D eigenvalue weighted by molar-refractivity contribution is 5.89. The first-order chi connectivity index (χ1) is 5.97. The lowest BCUT2D eigenvalue weighted by Crippen LogP contribution is -1.99. The van der Waals surface area contributed by atoms with Crippen LogP contribution in [-0.4, -0.2) is 29.1 Å². The zero-order valence-corrected chi connectivity index (χ0v) is 7.27. The number of carbonyl (C=O) groups excluding carboxylic acids is 2. The molecule has 0 saturated carbocycles. The summed E-state index contributed by atoms with van der Waals surface area (Å²) in [6.45, 7) is 1.20. The molecule has 13 heavy (non-hydrogen) atoms. The van der Waals surface area contributed by atoms with Crippen LogP contribution in [0.4, 0.5) is 0 Å². The zero-order valence-electron chi connectivity index (χ0n) is 7.27. The molecule has 0 atom stereocenters. The van der Waals surface area contributed by atoms with E-state index >= 15 is 0 Å². The average Bonchev–Trinajstić information content (AvgIpc) is 2.02. The van der Waals surface area contributed by atoms with Crippen LogP contribution in [0.5, 0.6) is 0 Å². The number of hydrogen-bond donors (Lipinski definition) is 2. The van der Waals surface area contributed by atoms with Gasteiger partial charge in [-0.05, 0) is 6.92 Å². The Labute approximate surface area is 74.9 Å². The largest absolute Gasteiger partial charge is 0.504 e. The Kier molecular flexibility index (Phi) is 4.29. The van der Waals surface area contributed by atoms with Gasteiger partial charge in [0.2, 0.25) is 0 Å². The first-order valence-corrected chi connectivity index (χ1v) is 3.37. The Morgan fingerprint density at radius 3 is 2.00 bits per heavy atom. The summed E-state index contributed by atoms with van der Waals surface area (Å²) in [5.41, 5.74) is 0. The van der Waals surface area contributed by atoms with Crippen molar-refractivity contribution in [1.82, 2.24) is 0 Å². The Hall–Kier alpha value is -1.78. The van der Waals surface area contributed by atoms with Crippen LogP contribution < -0.4 is 0 Å². The molecule has 2 N–H and O–H groups in total. The second kappa shape index (κ2) is 4.97. The highest BCUT2D eigenvalue weighted by Crippen LogP contribution is 2.02. The molecular formula is C8H10O5. The normalized spacial score (nSPS) is 12.5. The minimum Gasteiger partial charge on any atom is -0.504 e. The van der Waals surface area contributed by atoms with Crippen molar-refractivity contribution in [3.8, 4) is 0 Å². The maximum absolute atomic E-state index is 10.5. The van der Waals surface area contributed by atoms with Crippen molar-refractivity contribution in [3.63, 3.8) is 0 Å². The van der Waals surface area contributed by atoms with Gasteiger partial charge in [-0.15, -0.1) is 0 Å². The minimum atomic E-state index is -0.819. The number of esters is 1. The molecule has 5 heteroatoms. The summed E-state index contributed by atoms with van der Waals surface area (Å²) in [5, 5.41) is 17.9. The fourth-order valence-corrected chi connectivity index (χ4v) is 0.511. The smallest absolute Gasteiger partial charge is 0.334 e. The van der Waals surface area contributed by atoms with Crippen LogP contribution in [0.3, 0.4) is 0 Å². The molecule has 0 saturated heterocycles. The summed E-state index contributed by atoms with van der Waals surface area (Å²) in [7, 11) is 1.12. The summed E-state index contributed by atoms with van der Waals surface area (Å²) in [4.78, 5) is 21.0. The van der Waals surface area contributed by atoms with E-state index in [1.807, 2.05) is 0 Å². The molecule has 0 aliphatic rings. The number of carbonyl (C=O) groups is 2. The van der Waals surface area contributed by atoms with Crippen LogP contribution >= 0.6 is 0 Å². The van der Waals surface area contributed by atoms with E-state index in [2.05, 4.69) is 4.74 Å². The van der Waals surface area contributed by atoms with Gasteiger partial charge in [-0.25, -0.2) is 4.79 Å². The lowest BCUT2D eigenvalue weighted by Gasteiger charge is -1.96. The Morgan fingerprint density at radius 2 is 1.62 bits per heavy atom. The van der Waals surface area contributed by atoms with Gasteiger partial charge in [0.25, 0.3) is 0 Å². The van der Waals surface area contributed by atoms with Gasteiger partial charge in [0.05, 0.1) is 13.2 Å². The number of ketones is 1. The molecule has 0 aliphatic heterocycles. The van der Waals surface area contributed by atoms with Crippen LogP contribution in [0, 0.1) is 0 Å². The number of rotatable bonds is 3. The van der Waals surface area contributed by atoms with E-state index in [-0.39, 0.29) is 0 Å². The minimum absolute atomic E-state index is 0.442. The van der Waals surface area contributed by atoms with Gasteiger partial charge in [-0.3, -0.25) is 4.79 Å². The van der Waals surface area contributed by atoms with Crippen LogP contribution in [0.2, 0.25) is 0 Å². The fraction of sp³-hybridized carbons (Fsp3) is 0.250. The molecule has 0 heterocycles. The summed E-state index contributed by atoms with van der Waals surface area (Å²) in [5.74, 6) is -2.64. The zero-order chi connectivity index (χ0) is 10.4. The van der Waals surface area contributed by atoms with E-state index in [4.69, 9.17) is 10.2 Å². The van der Waals surface area contributed by atoms with Crippen molar-refractivity contribution in [2.75, 3.05) is 7.11 Å². The monoisotopic (exact) mass is 186 g/mol. The molecule has 0 fully saturated rings. The third-order valence-electron chi connectivity index (χ3n) is 1.06. The van der Waals surface area contributed by atoms with E-state index in [1.165, 1.54) is 6.92 Å². The van der Waals surface area contributed by atoms with Gasteiger partial charge in [0.1, 0.15) is 0 Å². The third-order valence-corrected chi connectivity index (χ3v) is 1.06. The van der Waals surface area contributed by atoms with Crippen molar-refractivity contribution in [3.05, 3.63) is 23.7 Å². The lowest BCUT2D eigenvalue weighted by atomic mass is 10.3. The molecule has 0 aromatic rings. The summed E-state index contributed by atoms with van der Waals surface area (Å²) in [6, 6.07) is 0. The first-order valence-electron chi connectivity index (χ1n) is 3.37. The highest BCUT2D eigenvalue weighted by Gasteiger charge is 2.04. The van der Waals surface area contributed by atoms with E-state index in [9.17, 15) is 9.59 Å². The average molecular weight is 186 g/mol. The number of aliphatic hydroxyl groups is 2. The van der Waals surface area contributed by atoms with Crippen LogP contribution in [-0.2, 0) is 14.3 Å². The lowest BCUT2D eigenvalue weighted by molar-refractivity contribution is -0.135. The maximum atomic E-state index is 10.5. The molecule has 0 unspecified atom stereocenters. The SMILES string of the molecule is COC(=O)/C=C(O)/C(O)=C/C(C)=O. The quantitative estimate of drug-likeness (QED) is 0.292. The van der Waals surface area contributed by atoms with Crippen molar-refractivity contribution < 1.29 is 24.5 Å². The Balaban J connectivity index is 4.59. The molecule has 0 radical (unpaired) electrons. The van der Waals surface area contributed by atoms with E-state index in [0.717, 1.165) is 13.2 Å².